The van der Waals surface area contributed by atoms with Gasteiger partial charge in [-0.15, -0.1) is 24.0 Å². The summed E-state index contributed by atoms with van der Waals surface area (Å²) in [7, 11) is 1.91. The van der Waals surface area contributed by atoms with E-state index in [0.29, 0.717) is 29.5 Å². The lowest BCUT2D eigenvalue weighted by Crippen LogP contribution is -2.69. The van der Waals surface area contributed by atoms with Crippen LogP contribution in [-0.2, 0) is 4.74 Å². The number of aliphatic imine (C=N–C) groups is 1. The Labute approximate surface area is 151 Å². The predicted molar refractivity (Wildman–Crippen MR) is 99.8 cm³/mol. The number of nitrogens with zero attached hydrogens (tertiary/aromatic N) is 1. The van der Waals surface area contributed by atoms with Gasteiger partial charge in [0.05, 0.1) is 6.10 Å². The molecule has 1 spiro atoms. The second-order valence-electron chi connectivity index (χ2n) is 7.50. The molecule has 3 unspecified atom stereocenters. The fourth-order valence-electron chi connectivity index (χ4n) is 5.49. The number of fused-ring (bicyclic) bond motifs is 2. The predicted octanol–water partition coefficient (Wildman–Crippen LogP) is 3.06. The van der Waals surface area contributed by atoms with Gasteiger partial charge < -0.3 is 15.4 Å². The highest BCUT2D eigenvalue weighted by Gasteiger charge is 2.65. The molecule has 0 amide bonds. The van der Waals surface area contributed by atoms with Gasteiger partial charge in [0.1, 0.15) is 0 Å². The van der Waals surface area contributed by atoms with Crippen molar-refractivity contribution in [1.82, 2.24) is 10.6 Å². The van der Waals surface area contributed by atoms with E-state index in [9.17, 15) is 0 Å². The molecule has 1 saturated heterocycles. The summed E-state index contributed by atoms with van der Waals surface area (Å²) in [5, 5.41) is 7.44. The lowest BCUT2D eigenvalue weighted by Gasteiger charge is -2.57. The molecule has 4 aliphatic rings. The van der Waals surface area contributed by atoms with Crippen molar-refractivity contribution in [1.29, 1.82) is 0 Å². The van der Waals surface area contributed by atoms with Gasteiger partial charge in [0.2, 0.25) is 0 Å². The second-order valence-corrected chi connectivity index (χ2v) is 7.50. The van der Waals surface area contributed by atoms with Crippen molar-refractivity contribution in [3.05, 3.63) is 0 Å². The minimum atomic E-state index is 0. The van der Waals surface area contributed by atoms with Gasteiger partial charge in [-0.2, -0.15) is 0 Å². The average Bonchev–Trinajstić information content (AvgIpc) is 3.21. The van der Waals surface area contributed by atoms with Crippen LogP contribution in [0.2, 0.25) is 0 Å². The summed E-state index contributed by atoms with van der Waals surface area (Å²) in [5.41, 5.74) is 0.411. The molecule has 126 valence electrons. The smallest absolute Gasteiger partial charge is 0.191 e. The van der Waals surface area contributed by atoms with Crippen LogP contribution in [0.25, 0.3) is 0 Å². The van der Waals surface area contributed by atoms with E-state index in [2.05, 4.69) is 15.6 Å². The maximum Gasteiger partial charge on any atom is 0.191 e. The standard InChI is InChI=1S/C17H29N3O.HI/c1-18-16(19-12-6-2-3-7-12)20-14-13-8-11-21-15(13)17(14)9-4-5-10-17;/h12-15H,2-11H2,1H3,(H2,18,19,20);1H. The van der Waals surface area contributed by atoms with E-state index in [1.54, 1.807) is 0 Å². The van der Waals surface area contributed by atoms with Crippen molar-refractivity contribution in [3.8, 4) is 0 Å². The topological polar surface area (TPSA) is 45.7 Å². The SMILES string of the molecule is CN=C(NC1CCCC1)NC1C2CCOC2C12CCCC2.I. The molecule has 22 heavy (non-hydrogen) atoms. The van der Waals surface area contributed by atoms with Gasteiger partial charge in [0, 0.05) is 37.1 Å². The zero-order valence-electron chi connectivity index (χ0n) is 13.6. The fourth-order valence-corrected chi connectivity index (χ4v) is 5.49. The molecule has 3 saturated carbocycles. The summed E-state index contributed by atoms with van der Waals surface area (Å²) in [4.78, 5) is 4.50. The molecule has 3 aliphatic carbocycles. The van der Waals surface area contributed by atoms with Crippen molar-refractivity contribution < 1.29 is 4.74 Å². The zero-order chi connectivity index (χ0) is 14.3. The third-order valence-electron chi connectivity index (χ3n) is 6.50. The third kappa shape index (κ3) is 2.66. The van der Waals surface area contributed by atoms with Crippen molar-refractivity contribution in [2.24, 2.45) is 16.3 Å². The van der Waals surface area contributed by atoms with E-state index in [-0.39, 0.29) is 24.0 Å². The number of halogens is 1. The highest BCUT2D eigenvalue weighted by atomic mass is 127. The molecule has 3 atom stereocenters. The normalized spacial score (nSPS) is 36.8. The average molecular weight is 419 g/mol. The number of guanidine groups is 1. The summed E-state index contributed by atoms with van der Waals surface area (Å²) in [5.74, 6) is 1.74. The van der Waals surface area contributed by atoms with E-state index >= 15 is 0 Å². The summed E-state index contributed by atoms with van der Waals surface area (Å²) in [6.07, 6.45) is 12.5. The van der Waals surface area contributed by atoms with Crippen LogP contribution in [0.4, 0.5) is 0 Å². The van der Waals surface area contributed by atoms with Crippen LogP contribution in [0.15, 0.2) is 4.99 Å². The van der Waals surface area contributed by atoms with E-state index in [0.717, 1.165) is 12.6 Å². The quantitative estimate of drug-likeness (QED) is 0.411. The molecule has 4 rings (SSSR count). The van der Waals surface area contributed by atoms with Crippen LogP contribution >= 0.6 is 24.0 Å². The first kappa shape index (κ1) is 16.8. The minimum Gasteiger partial charge on any atom is -0.377 e. The van der Waals surface area contributed by atoms with Crippen LogP contribution in [0.5, 0.6) is 0 Å². The molecule has 0 bridgehead atoms. The second kappa shape index (κ2) is 6.83. The van der Waals surface area contributed by atoms with Crippen molar-refractivity contribution in [3.63, 3.8) is 0 Å². The molecule has 0 aromatic heterocycles. The number of hydrogen-bond donors (Lipinski definition) is 2. The molecule has 4 fully saturated rings. The lowest BCUT2D eigenvalue weighted by molar-refractivity contribution is -0.125. The number of nitrogens with one attached hydrogen (secondary N) is 2. The van der Waals surface area contributed by atoms with E-state index < -0.39 is 0 Å². The molecule has 2 N–H and O–H groups in total. The Kier molecular flexibility index (Phi) is 5.22. The van der Waals surface area contributed by atoms with Crippen LogP contribution in [0.3, 0.4) is 0 Å². The molecule has 0 aromatic rings. The molecular formula is C17H30IN3O. The fraction of sp³-hybridized carbons (Fsp3) is 0.941. The summed E-state index contributed by atoms with van der Waals surface area (Å²) in [6, 6.07) is 1.21. The van der Waals surface area contributed by atoms with Gasteiger partial charge >= 0.3 is 0 Å². The first-order chi connectivity index (χ1) is 10.3. The molecular weight excluding hydrogens is 389 g/mol. The van der Waals surface area contributed by atoms with Gasteiger partial charge in [-0.05, 0) is 32.1 Å². The van der Waals surface area contributed by atoms with Crippen LogP contribution in [0, 0.1) is 11.3 Å². The number of rotatable bonds is 2. The Bertz CT molecular complexity index is 416. The van der Waals surface area contributed by atoms with Crippen LogP contribution in [0.1, 0.15) is 57.8 Å². The Morgan fingerprint density at radius 3 is 2.45 bits per heavy atom. The van der Waals surface area contributed by atoms with Crippen molar-refractivity contribution in [2.45, 2.75) is 76.0 Å². The van der Waals surface area contributed by atoms with Gasteiger partial charge in [0.25, 0.3) is 0 Å². The van der Waals surface area contributed by atoms with E-state index in [4.69, 9.17) is 4.74 Å². The molecule has 0 radical (unpaired) electrons. The monoisotopic (exact) mass is 419 g/mol. The summed E-state index contributed by atoms with van der Waals surface area (Å²) >= 11 is 0. The largest absolute Gasteiger partial charge is 0.377 e. The Morgan fingerprint density at radius 2 is 1.77 bits per heavy atom. The van der Waals surface area contributed by atoms with Crippen molar-refractivity contribution >= 4 is 29.9 Å². The first-order valence-electron chi connectivity index (χ1n) is 8.95. The maximum absolute atomic E-state index is 6.07. The van der Waals surface area contributed by atoms with E-state index in [1.807, 2.05) is 7.05 Å². The summed E-state index contributed by atoms with van der Waals surface area (Å²) < 4.78 is 6.07. The highest BCUT2D eigenvalue weighted by Crippen LogP contribution is 2.60. The molecule has 1 aliphatic heterocycles. The minimum absolute atomic E-state index is 0. The molecule has 0 aromatic carbocycles. The third-order valence-corrected chi connectivity index (χ3v) is 6.50. The highest BCUT2D eigenvalue weighted by molar-refractivity contribution is 14.0. The number of hydrogen-bond acceptors (Lipinski definition) is 2. The van der Waals surface area contributed by atoms with Gasteiger partial charge in [-0.3, -0.25) is 4.99 Å². The van der Waals surface area contributed by atoms with Crippen LogP contribution in [-0.4, -0.2) is 37.8 Å². The molecule has 4 nitrogen and oxygen atoms in total. The zero-order valence-corrected chi connectivity index (χ0v) is 16.0. The van der Waals surface area contributed by atoms with Crippen molar-refractivity contribution in [2.75, 3.05) is 13.7 Å². The molecule has 1 heterocycles. The van der Waals surface area contributed by atoms with Gasteiger partial charge in [-0.25, -0.2) is 0 Å². The lowest BCUT2D eigenvalue weighted by atomic mass is 9.54. The number of ether oxygens (including phenoxy) is 1. The summed E-state index contributed by atoms with van der Waals surface area (Å²) in [6.45, 7) is 0.962. The maximum atomic E-state index is 6.07. The van der Waals surface area contributed by atoms with Crippen LogP contribution < -0.4 is 10.6 Å². The van der Waals surface area contributed by atoms with Gasteiger partial charge in [0.15, 0.2) is 5.96 Å². The Hall–Kier alpha value is -0.0400. The first-order valence-corrected chi connectivity index (χ1v) is 8.95. The van der Waals surface area contributed by atoms with Gasteiger partial charge in [-0.1, -0.05) is 25.7 Å². The Balaban J connectivity index is 0.00000144. The molecule has 5 heteroatoms. The van der Waals surface area contributed by atoms with E-state index in [1.165, 1.54) is 57.8 Å². The Morgan fingerprint density at radius 1 is 1.05 bits per heavy atom.